The average Bonchev–Trinajstić information content (AvgIpc) is 2.40. The Kier molecular flexibility index (Phi) is 0.866. The van der Waals surface area contributed by atoms with E-state index in [4.69, 9.17) is 9.47 Å². The molecule has 0 aromatic rings. The minimum absolute atomic E-state index is 0.194. The fourth-order valence-electron chi connectivity index (χ4n) is 1.18. The third-order valence-electron chi connectivity index (χ3n) is 1.81. The molecule has 0 radical (unpaired) electrons. The van der Waals surface area contributed by atoms with Crippen LogP contribution in [-0.4, -0.2) is 18.5 Å². The first-order valence-electron chi connectivity index (χ1n) is 3.21. The SMILES string of the molecule is CCC1C[C@H]2O[C@H]2O1. The van der Waals surface area contributed by atoms with Crippen LogP contribution in [0.1, 0.15) is 19.8 Å². The first-order valence-corrected chi connectivity index (χ1v) is 3.21. The lowest BCUT2D eigenvalue weighted by Gasteiger charge is -2.05. The molecule has 1 unspecified atom stereocenters. The second-order valence-corrected chi connectivity index (χ2v) is 2.44. The van der Waals surface area contributed by atoms with Crippen LogP contribution in [0, 0.1) is 0 Å². The maximum Gasteiger partial charge on any atom is 0.184 e. The highest BCUT2D eigenvalue weighted by atomic mass is 16.8. The monoisotopic (exact) mass is 114 g/mol. The minimum Gasteiger partial charge on any atom is -0.347 e. The van der Waals surface area contributed by atoms with Gasteiger partial charge in [-0.1, -0.05) is 6.92 Å². The van der Waals surface area contributed by atoms with Gasteiger partial charge in [0.1, 0.15) is 6.10 Å². The van der Waals surface area contributed by atoms with E-state index in [1.807, 2.05) is 0 Å². The number of hydrogen-bond acceptors (Lipinski definition) is 2. The van der Waals surface area contributed by atoms with Gasteiger partial charge in [-0.3, -0.25) is 0 Å². The fraction of sp³-hybridized carbons (Fsp3) is 1.00. The Balaban J connectivity index is 1.89. The Bertz CT molecular complexity index is 92.7. The summed E-state index contributed by atoms with van der Waals surface area (Å²) in [5.41, 5.74) is 0. The largest absolute Gasteiger partial charge is 0.347 e. The second-order valence-electron chi connectivity index (χ2n) is 2.44. The highest BCUT2D eigenvalue weighted by Crippen LogP contribution is 2.37. The van der Waals surface area contributed by atoms with E-state index in [9.17, 15) is 0 Å². The van der Waals surface area contributed by atoms with E-state index in [0.29, 0.717) is 12.2 Å². The Hall–Kier alpha value is -0.0800. The molecule has 2 rings (SSSR count). The minimum atomic E-state index is 0.194. The molecule has 0 aliphatic carbocycles. The van der Waals surface area contributed by atoms with Crippen molar-refractivity contribution >= 4 is 0 Å². The van der Waals surface area contributed by atoms with E-state index < -0.39 is 0 Å². The van der Waals surface area contributed by atoms with Crippen molar-refractivity contribution in [3.8, 4) is 0 Å². The van der Waals surface area contributed by atoms with Crippen molar-refractivity contribution in [2.24, 2.45) is 0 Å². The van der Waals surface area contributed by atoms with Crippen LogP contribution in [0.15, 0.2) is 0 Å². The number of ether oxygens (including phenoxy) is 2. The normalized spacial score (nSPS) is 51.4. The fourth-order valence-corrected chi connectivity index (χ4v) is 1.18. The standard InChI is InChI=1S/C6H10O2/c1-2-4-3-5-6(7-4)8-5/h4-6H,2-3H2,1H3/t4?,5-,6-/m1/s1. The summed E-state index contributed by atoms with van der Waals surface area (Å²) in [6.07, 6.45) is 3.43. The van der Waals surface area contributed by atoms with Gasteiger partial charge in [0.15, 0.2) is 6.29 Å². The highest BCUT2D eigenvalue weighted by molar-refractivity contribution is 4.87. The van der Waals surface area contributed by atoms with Crippen LogP contribution in [0.4, 0.5) is 0 Å². The average molecular weight is 114 g/mol. The van der Waals surface area contributed by atoms with Crippen LogP contribution < -0.4 is 0 Å². The maximum atomic E-state index is 5.36. The molecule has 0 amide bonds. The van der Waals surface area contributed by atoms with Crippen LogP contribution >= 0.6 is 0 Å². The van der Waals surface area contributed by atoms with Crippen molar-refractivity contribution in [2.75, 3.05) is 0 Å². The molecule has 46 valence electrons. The van der Waals surface area contributed by atoms with Gasteiger partial charge in [-0.2, -0.15) is 0 Å². The van der Waals surface area contributed by atoms with Crippen LogP contribution in [0.5, 0.6) is 0 Å². The molecule has 2 fully saturated rings. The molecule has 2 aliphatic rings. The van der Waals surface area contributed by atoms with Gasteiger partial charge in [0, 0.05) is 6.42 Å². The molecule has 0 saturated carbocycles. The maximum absolute atomic E-state index is 5.36. The van der Waals surface area contributed by atoms with Gasteiger partial charge in [-0.15, -0.1) is 0 Å². The molecule has 0 aromatic carbocycles. The van der Waals surface area contributed by atoms with Gasteiger partial charge in [0.05, 0.1) is 6.10 Å². The van der Waals surface area contributed by atoms with Gasteiger partial charge in [0.2, 0.25) is 0 Å². The third kappa shape index (κ3) is 0.565. The molecular formula is C6H10O2. The van der Waals surface area contributed by atoms with E-state index in [0.717, 1.165) is 12.8 Å². The van der Waals surface area contributed by atoms with Crippen LogP contribution in [0.2, 0.25) is 0 Å². The van der Waals surface area contributed by atoms with Crippen molar-refractivity contribution in [1.82, 2.24) is 0 Å². The van der Waals surface area contributed by atoms with Crippen molar-refractivity contribution in [2.45, 2.75) is 38.3 Å². The van der Waals surface area contributed by atoms with Crippen molar-refractivity contribution < 1.29 is 9.47 Å². The lowest BCUT2D eigenvalue weighted by Crippen LogP contribution is -2.06. The Morgan fingerprint density at radius 2 is 2.38 bits per heavy atom. The summed E-state index contributed by atoms with van der Waals surface area (Å²) in [6, 6.07) is 0. The molecule has 0 N–H and O–H groups in total. The number of hydrogen-bond donors (Lipinski definition) is 0. The molecular weight excluding hydrogens is 104 g/mol. The van der Waals surface area contributed by atoms with E-state index in [-0.39, 0.29) is 6.29 Å². The Morgan fingerprint density at radius 3 is 2.75 bits per heavy atom. The molecule has 8 heavy (non-hydrogen) atoms. The van der Waals surface area contributed by atoms with Gasteiger partial charge < -0.3 is 9.47 Å². The van der Waals surface area contributed by atoms with Crippen LogP contribution in [0.25, 0.3) is 0 Å². The Labute approximate surface area is 48.8 Å². The lowest BCUT2D eigenvalue weighted by atomic mass is 10.2. The summed E-state index contributed by atoms with van der Waals surface area (Å²) >= 11 is 0. The first kappa shape index (κ1) is 4.77. The molecule has 2 heteroatoms. The predicted octanol–water partition coefficient (Wildman–Crippen LogP) is 0.910. The van der Waals surface area contributed by atoms with Crippen LogP contribution in [0.3, 0.4) is 0 Å². The molecule has 0 aromatic heterocycles. The topological polar surface area (TPSA) is 21.8 Å². The second kappa shape index (κ2) is 1.45. The summed E-state index contributed by atoms with van der Waals surface area (Å²) in [4.78, 5) is 0. The first-order chi connectivity index (χ1) is 3.90. The Morgan fingerprint density at radius 1 is 1.50 bits per heavy atom. The number of epoxide rings is 1. The van der Waals surface area contributed by atoms with E-state index in [2.05, 4.69) is 6.92 Å². The number of rotatable bonds is 1. The summed E-state index contributed by atoms with van der Waals surface area (Å²) in [7, 11) is 0. The zero-order valence-corrected chi connectivity index (χ0v) is 4.96. The summed E-state index contributed by atoms with van der Waals surface area (Å²) < 4.78 is 10.4. The van der Waals surface area contributed by atoms with Gasteiger partial charge in [-0.25, -0.2) is 0 Å². The lowest BCUT2D eigenvalue weighted by molar-refractivity contribution is -0.0124. The number of fused-ring (bicyclic) bond motifs is 1. The molecule has 0 bridgehead atoms. The van der Waals surface area contributed by atoms with E-state index in [1.54, 1.807) is 0 Å². The predicted molar refractivity (Wildman–Crippen MR) is 28.4 cm³/mol. The summed E-state index contributed by atoms with van der Waals surface area (Å²) in [6.45, 7) is 2.15. The van der Waals surface area contributed by atoms with Gasteiger partial charge in [-0.05, 0) is 6.42 Å². The zero-order valence-electron chi connectivity index (χ0n) is 4.96. The van der Waals surface area contributed by atoms with E-state index in [1.165, 1.54) is 0 Å². The van der Waals surface area contributed by atoms with Crippen LogP contribution in [-0.2, 0) is 9.47 Å². The molecule has 3 atom stereocenters. The van der Waals surface area contributed by atoms with Gasteiger partial charge >= 0.3 is 0 Å². The molecule has 2 heterocycles. The van der Waals surface area contributed by atoms with Crippen molar-refractivity contribution in [3.63, 3.8) is 0 Å². The molecule has 2 aliphatic heterocycles. The van der Waals surface area contributed by atoms with E-state index >= 15 is 0 Å². The summed E-state index contributed by atoms with van der Waals surface area (Å²) in [5, 5.41) is 0. The molecule has 2 nitrogen and oxygen atoms in total. The zero-order chi connectivity index (χ0) is 5.56. The highest BCUT2D eigenvalue weighted by Gasteiger charge is 2.48. The third-order valence-corrected chi connectivity index (χ3v) is 1.81. The van der Waals surface area contributed by atoms with Gasteiger partial charge in [0.25, 0.3) is 0 Å². The van der Waals surface area contributed by atoms with Crippen molar-refractivity contribution in [1.29, 1.82) is 0 Å². The molecule has 0 spiro atoms. The smallest absolute Gasteiger partial charge is 0.184 e. The molecule has 2 saturated heterocycles. The quantitative estimate of drug-likeness (QED) is 0.472. The van der Waals surface area contributed by atoms with Crippen molar-refractivity contribution in [3.05, 3.63) is 0 Å². The summed E-state index contributed by atoms with van der Waals surface area (Å²) in [5.74, 6) is 0.